The van der Waals surface area contributed by atoms with E-state index in [9.17, 15) is 13.2 Å². The van der Waals surface area contributed by atoms with E-state index in [1.165, 1.54) is 19.1 Å². The summed E-state index contributed by atoms with van der Waals surface area (Å²) >= 11 is 0. The van der Waals surface area contributed by atoms with Crippen LogP contribution in [0.2, 0.25) is 0 Å². The molecule has 0 fully saturated rings. The van der Waals surface area contributed by atoms with Crippen molar-refractivity contribution in [3.8, 4) is 22.8 Å². The molecule has 0 spiro atoms. The number of anilines is 1. The predicted molar refractivity (Wildman–Crippen MR) is 115 cm³/mol. The van der Waals surface area contributed by atoms with E-state index >= 15 is 0 Å². The van der Waals surface area contributed by atoms with Gasteiger partial charge in [0.2, 0.25) is 5.89 Å². The molecule has 0 amide bonds. The smallest absolute Gasteiger partial charge is 0.261 e. The van der Waals surface area contributed by atoms with Crippen molar-refractivity contribution in [3.05, 3.63) is 90.6 Å². The van der Waals surface area contributed by atoms with E-state index in [0.29, 0.717) is 28.5 Å². The van der Waals surface area contributed by atoms with E-state index in [-0.39, 0.29) is 10.7 Å². The molecule has 150 valence electrons. The lowest BCUT2D eigenvalue weighted by atomic mass is 10.1. The van der Waals surface area contributed by atoms with Gasteiger partial charge in [-0.05, 0) is 55.5 Å². The number of oxazole rings is 1. The molecule has 0 bridgehead atoms. The highest BCUT2D eigenvalue weighted by Crippen LogP contribution is 2.27. The fourth-order valence-electron chi connectivity index (χ4n) is 2.91. The van der Waals surface area contributed by atoms with Crippen LogP contribution in [-0.4, -0.2) is 19.2 Å². The summed E-state index contributed by atoms with van der Waals surface area (Å²) in [6, 6.07) is 22.2. The van der Waals surface area contributed by atoms with Gasteiger partial charge in [0, 0.05) is 22.4 Å². The van der Waals surface area contributed by atoms with Gasteiger partial charge in [0.05, 0.1) is 11.1 Å². The highest BCUT2D eigenvalue weighted by Gasteiger charge is 2.16. The molecule has 4 rings (SSSR count). The number of Topliss-reactive ketones (excluding diaryl/α,β-unsaturated/α-hetero) is 1. The lowest BCUT2D eigenvalue weighted by Crippen LogP contribution is -2.12. The molecule has 1 aromatic heterocycles. The Hall–Kier alpha value is -3.71. The van der Waals surface area contributed by atoms with Crippen molar-refractivity contribution in [3.63, 3.8) is 0 Å². The van der Waals surface area contributed by atoms with E-state index in [1.807, 2.05) is 30.3 Å². The first-order chi connectivity index (χ1) is 14.4. The largest absolute Gasteiger partial charge is 0.436 e. The topological polar surface area (TPSA) is 89.3 Å². The van der Waals surface area contributed by atoms with Crippen molar-refractivity contribution in [2.75, 3.05) is 4.72 Å². The van der Waals surface area contributed by atoms with E-state index < -0.39 is 10.0 Å². The second-order valence-electron chi connectivity index (χ2n) is 6.66. The van der Waals surface area contributed by atoms with Crippen LogP contribution in [0.15, 0.2) is 94.4 Å². The molecule has 7 heteroatoms. The molecule has 0 aliphatic carbocycles. The number of aromatic nitrogens is 1. The highest BCUT2D eigenvalue weighted by atomic mass is 32.2. The zero-order chi connectivity index (χ0) is 21.1. The van der Waals surface area contributed by atoms with E-state index in [1.54, 1.807) is 42.6 Å². The first-order valence-electron chi connectivity index (χ1n) is 9.18. The number of carbonyl (C=O) groups excluding carboxylic acids is 1. The van der Waals surface area contributed by atoms with Crippen LogP contribution in [0.4, 0.5) is 5.69 Å². The number of hydrogen-bond acceptors (Lipinski definition) is 5. The quantitative estimate of drug-likeness (QED) is 0.445. The number of nitrogens with one attached hydrogen (secondary N) is 1. The van der Waals surface area contributed by atoms with Gasteiger partial charge < -0.3 is 4.42 Å². The molecule has 1 heterocycles. The second-order valence-corrected chi connectivity index (χ2v) is 8.34. The Balaban J connectivity index is 1.53. The van der Waals surface area contributed by atoms with Gasteiger partial charge in [-0.2, -0.15) is 0 Å². The molecular formula is C23H18N2O4S. The van der Waals surface area contributed by atoms with Crippen LogP contribution >= 0.6 is 0 Å². The minimum absolute atomic E-state index is 0.0815. The van der Waals surface area contributed by atoms with Crippen molar-refractivity contribution in [1.82, 2.24) is 4.98 Å². The van der Waals surface area contributed by atoms with Gasteiger partial charge in [-0.3, -0.25) is 9.52 Å². The van der Waals surface area contributed by atoms with Gasteiger partial charge >= 0.3 is 0 Å². The Labute approximate surface area is 174 Å². The second kappa shape index (κ2) is 7.96. The van der Waals surface area contributed by atoms with Gasteiger partial charge in [-0.15, -0.1) is 0 Å². The molecule has 3 aromatic carbocycles. The minimum atomic E-state index is -3.77. The van der Waals surface area contributed by atoms with Gasteiger partial charge in [-0.1, -0.05) is 30.3 Å². The molecule has 0 saturated carbocycles. The molecule has 0 saturated heterocycles. The highest BCUT2D eigenvalue weighted by molar-refractivity contribution is 7.92. The fourth-order valence-corrected chi connectivity index (χ4v) is 3.97. The molecule has 30 heavy (non-hydrogen) atoms. The molecule has 1 N–H and O–H groups in total. The lowest BCUT2D eigenvalue weighted by Gasteiger charge is -2.09. The zero-order valence-electron chi connectivity index (χ0n) is 16.1. The molecule has 0 unspecified atom stereocenters. The van der Waals surface area contributed by atoms with Gasteiger partial charge in [0.1, 0.15) is 0 Å². The fraction of sp³-hybridized carbons (Fsp3) is 0.0435. The van der Waals surface area contributed by atoms with Crippen LogP contribution in [0.5, 0.6) is 0 Å². The molecule has 0 atom stereocenters. The SMILES string of the molecule is CC(=O)c1ccc(NS(=O)(=O)c2ccc(-c3ncc(-c4ccccc4)o3)cc2)cc1. The Morgan fingerprint density at radius 1 is 0.867 bits per heavy atom. The van der Waals surface area contributed by atoms with Gasteiger partial charge in [0.25, 0.3) is 10.0 Å². The maximum absolute atomic E-state index is 12.6. The number of ketones is 1. The van der Waals surface area contributed by atoms with Gasteiger partial charge in [0.15, 0.2) is 11.5 Å². The monoisotopic (exact) mass is 418 g/mol. The maximum atomic E-state index is 12.6. The van der Waals surface area contributed by atoms with Crippen molar-refractivity contribution in [2.24, 2.45) is 0 Å². The summed E-state index contributed by atoms with van der Waals surface area (Å²) in [5.74, 6) is 0.963. The average molecular weight is 418 g/mol. The molecule has 6 nitrogen and oxygen atoms in total. The predicted octanol–water partition coefficient (Wildman–Crippen LogP) is 5.01. The van der Waals surface area contributed by atoms with Crippen LogP contribution < -0.4 is 4.72 Å². The summed E-state index contributed by atoms with van der Waals surface area (Å²) in [7, 11) is -3.77. The van der Waals surface area contributed by atoms with Crippen molar-refractivity contribution in [1.29, 1.82) is 0 Å². The zero-order valence-corrected chi connectivity index (χ0v) is 16.9. The Bertz CT molecular complexity index is 1280. The average Bonchev–Trinajstić information content (AvgIpc) is 3.25. The van der Waals surface area contributed by atoms with Crippen LogP contribution in [0, 0.1) is 0 Å². The maximum Gasteiger partial charge on any atom is 0.261 e. The van der Waals surface area contributed by atoms with Gasteiger partial charge in [-0.25, -0.2) is 13.4 Å². The van der Waals surface area contributed by atoms with Crippen LogP contribution in [0.3, 0.4) is 0 Å². The van der Waals surface area contributed by atoms with E-state index in [2.05, 4.69) is 9.71 Å². The number of sulfonamides is 1. The molecule has 4 aromatic rings. The Kier molecular flexibility index (Phi) is 5.20. The summed E-state index contributed by atoms with van der Waals surface area (Å²) in [6.45, 7) is 1.46. The number of hydrogen-bond donors (Lipinski definition) is 1. The van der Waals surface area contributed by atoms with Crippen LogP contribution in [0.1, 0.15) is 17.3 Å². The number of benzene rings is 3. The summed E-state index contributed by atoms with van der Waals surface area (Å²) < 4.78 is 33.6. The molecular weight excluding hydrogens is 400 g/mol. The summed E-state index contributed by atoms with van der Waals surface area (Å²) in [4.78, 5) is 15.7. The molecule has 0 aliphatic heterocycles. The molecule has 0 radical (unpaired) electrons. The van der Waals surface area contributed by atoms with E-state index in [0.717, 1.165) is 5.56 Å². The number of carbonyl (C=O) groups is 1. The first kappa shape index (κ1) is 19.6. The summed E-state index contributed by atoms with van der Waals surface area (Å²) in [5, 5.41) is 0. The van der Waals surface area contributed by atoms with Crippen molar-refractivity contribution < 1.29 is 17.6 Å². The van der Waals surface area contributed by atoms with Crippen molar-refractivity contribution >= 4 is 21.5 Å². The van der Waals surface area contributed by atoms with Crippen LogP contribution in [0.25, 0.3) is 22.8 Å². The van der Waals surface area contributed by atoms with E-state index in [4.69, 9.17) is 4.42 Å². The lowest BCUT2D eigenvalue weighted by molar-refractivity contribution is 0.101. The number of rotatable bonds is 6. The first-order valence-corrected chi connectivity index (χ1v) is 10.7. The third kappa shape index (κ3) is 4.16. The third-order valence-corrected chi connectivity index (χ3v) is 5.92. The summed E-state index contributed by atoms with van der Waals surface area (Å²) in [6.07, 6.45) is 1.64. The van der Waals surface area contributed by atoms with Crippen molar-refractivity contribution in [2.45, 2.75) is 11.8 Å². The number of nitrogens with zero attached hydrogens (tertiary/aromatic N) is 1. The standard InChI is InChI=1S/C23H18N2O4S/c1-16(26)17-7-11-20(12-8-17)25-30(27,28)21-13-9-19(10-14-21)23-24-15-22(29-23)18-5-3-2-4-6-18/h2-15,25H,1H3. The third-order valence-electron chi connectivity index (χ3n) is 4.52. The van der Waals surface area contributed by atoms with Crippen LogP contribution in [-0.2, 0) is 10.0 Å². The Morgan fingerprint density at radius 3 is 2.17 bits per heavy atom. The normalized spacial score (nSPS) is 11.2. The Morgan fingerprint density at radius 2 is 1.53 bits per heavy atom. The molecule has 0 aliphatic rings. The minimum Gasteiger partial charge on any atom is -0.436 e. The summed E-state index contributed by atoms with van der Waals surface area (Å²) in [5.41, 5.74) is 2.48.